The summed E-state index contributed by atoms with van der Waals surface area (Å²) >= 11 is 0. The molecule has 6 nitrogen and oxygen atoms in total. The zero-order valence-corrected chi connectivity index (χ0v) is 14.7. The van der Waals surface area contributed by atoms with Gasteiger partial charge in [0.2, 0.25) is 0 Å². The van der Waals surface area contributed by atoms with E-state index >= 15 is 0 Å². The molecular weight excluding hydrogens is 322 g/mol. The van der Waals surface area contributed by atoms with Gasteiger partial charge in [-0.2, -0.15) is 0 Å². The van der Waals surface area contributed by atoms with Crippen LogP contribution in [0.2, 0.25) is 0 Å². The molecule has 1 amide bonds. The van der Waals surface area contributed by atoms with Crippen molar-refractivity contribution in [2.75, 3.05) is 19.5 Å². The number of amides is 1. The molecule has 0 spiro atoms. The van der Waals surface area contributed by atoms with Crippen LogP contribution in [0.1, 0.15) is 22.8 Å². The van der Waals surface area contributed by atoms with E-state index in [4.69, 9.17) is 14.2 Å². The van der Waals surface area contributed by atoms with E-state index in [-0.39, 0.29) is 5.91 Å². The van der Waals surface area contributed by atoms with Crippen molar-refractivity contribution in [3.05, 3.63) is 53.6 Å². The van der Waals surface area contributed by atoms with Crippen molar-refractivity contribution in [3.8, 4) is 11.5 Å². The minimum absolute atomic E-state index is 0.337. The van der Waals surface area contributed by atoms with Gasteiger partial charge in [-0.3, -0.25) is 4.79 Å². The Labute approximate surface area is 146 Å². The molecule has 0 radical (unpaired) electrons. The highest BCUT2D eigenvalue weighted by atomic mass is 16.5. The lowest BCUT2D eigenvalue weighted by Crippen LogP contribution is -2.30. The van der Waals surface area contributed by atoms with Crippen molar-refractivity contribution < 1.29 is 23.8 Å². The number of hydrogen-bond acceptors (Lipinski definition) is 5. The summed E-state index contributed by atoms with van der Waals surface area (Å²) in [6, 6.07) is 12.1. The monoisotopic (exact) mass is 343 g/mol. The fourth-order valence-corrected chi connectivity index (χ4v) is 2.20. The van der Waals surface area contributed by atoms with E-state index in [9.17, 15) is 9.59 Å². The van der Waals surface area contributed by atoms with E-state index in [0.717, 1.165) is 5.56 Å². The van der Waals surface area contributed by atoms with Crippen LogP contribution in [0.15, 0.2) is 42.5 Å². The number of nitrogens with one attached hydrogen (secondary N) is 1. The average Bonchev–Trinajstić information content (AvgIpc) is 2.63. The molecule has 1 atom stereocenters. The SMILES string of the molecule is COC(=O)c1ccc(C)c(NC(=O)[C@@H](C)Oc2ccccc2OC)c1. The van der Waals surface area contributed by atoms with E-state index in [2.05, 4.69) is 5.32 Å². The first-order chi connectivity index (χ1) is 12.0. The van der Waals surface area contributed by atoms with E-state index in [1.807, 2.05) is 13.0 Å². The van der Waals surface area contributed by atoms with E-state index < -0.39 is 12.1 Å². The fourth-order valence-electron chi connectivity index (χ4n) is 2.20. The number of hydrogen-bond donors (Lipinski definition) is 1. The molecule has 132 valence electrons. The van der Waals surface area contributed by atoms with Crippen molar-refractivity contribution in [1.29, 1.82) is 0 Å². The van der Waals surface area contributed by atoms with Crippen LogP contribution < -0.4 is 14.8 Å². The third-order valence-electron chi connectivity index (χ3n) is 3.66. The Morgan fingerprint density at radius 3 is 2.36 bits per heavy atom. The lowest BCUT2D eigenvalue weighted by Gasteiger charge is -2.17. The number of rotatable bonds is 6. The number of esters is 1. The zero-order chi connectivity index (χ0) is 18.4. The van der Waals surface area contributed by atoms with Crippen LogP contribution in [-0.2, 0) is 9.53 Å². The van der Waals surface area contributed by atoms with Crippen molar-refractivity contribution in [1.82, 2.24) is 0 Å². The lowest BCUT2D eigenvalue weighted by atomic mass is 10.1. The second kappa shape index (κ2) is 8.19. The highest BCUT2D eigenvalue weighted by Crippen LogP contribution is 2.27. The summed E-state index contributed by atoms with van der Waals surface area (Å²) in [5.74, 6) is 0.226. The standard InChI is InChI=1S/C19H21NO5/c1-12-9-10-14(19(22)24-4)11-15(12)20-18(21)13(2)25-17-8-6-5-7-16(17)23-3/h5-11,13H,1-4H3,(H,20,21)/t13-/m1/s1. The second-order valence-electron chi connectivity index (χ2n) is 5.42. The Kier molecular flexibility index (Phi) is 6.00. The first-order valence-corrected chi connectivity index (χ1v) is 7.75. The van der Waals surface area contributed by atoms with Gasteiger partial charge in [-0.1, -0.05) is 18.2 Å². The number of benzene rings is 2. The molecule has 6 heteroatoms. The van der Waals surface area contributed by atoms with E-state index in [1.165, 1.54) is 14.2 Å². The number of methoxy groups -OCH3 is 2. The molecular formula is C19H21NO5. The second-order valence-corrected chi connectivity index (χ2v) is 5.42. The Morgan fingerprint density at radius 1 is 1.04 bits per heavy atom. The molecule has 0 saturated carbocycles. The van der Waals surface area contributed by atoms with E-state index in [0.29, 0.717) is 22.7 Å². The molecule has 2 rings (SSSR count). The number of ether oxygens (including phenoxy) is 3. The maximum Gasteiger partial charge on any atom is 0.337 e. The largest absolute Gasteiger partial charge is 0.493 e. The molecule has 0 aliphatic carbocycles. The third kappa shape index (κ3) is 4.50. The quantitative estimate of drug-likeness (QED) is 0.816. The van der Waals surface area contributed by atoms with Gasteiger partial charge >= 0.3 is 5.97 Å². The van der Waals surface area contributed by atoms with Crippen LogP contribution in [0.4, 0.5) is 5.69 Å². The number of para-hydroxylation sites is 2. The maximum absolute atomic E-state index is 12.4. The van der Waals surface area contributed by atoms with Crippen LogP contribution >= 0.6 is 0 Å². The first-order valence-electron chi connectivity index (χ1n) is 7.75. The van der Waals surface area contributed by atoms with Gasteiger partial charge in [0.1, 0.15) is 0 Å². The summed E-state index contributed by atoms with van der Waals surface area (Å²) in [5, 5.41) is 2.77. The van der Waals surface area contributed by atoms with Crippen molar-refractivity contribution >= 4 is 17.6 Å². The van der Waals surface area contributed by atoms with Gasteiger partial charge in [0.25, 0.3) is 5.91 Å². The smallest absolute Gasteiger partial charge is 0.337 e. The number of carbonyl (C=O) groups is 2. The van der Waals surface area contributed by atoms with Crippen LogP contribution in [0, 0.1) is 6.92 Å². The average molecular weight is 343 g/mol. The molecule has 0 aliphatic rings. The van der Waals surface area contributed by atoms with Crippen molar-refractivity contribution in [2.45, 2.75) is 20.0 Å². The predicted molar refractivity (Wildman–Crippen MR) is 94.2 cm³/mol. The summed E-state index contributed by atoms with van der Waals surface area (Å²) in [7, 11) is 2.85. The molecule has 0 aliphatic heterocycles. The fraction of sp³-hybridized carbons (Fsp3) is 0.263. The third-order valence-corrected chi connectivity index (χ3v) is 3.66. The molecule has 25 heavy (non-hydrogen) atoms. The summed E-state index contributed by atoms with van der Waals surface area (Å²) in [6.07, 6.45) is -0.752. The van der Waals surface area contributed by atoms with Gasteiger partial charge in [0.05, 0.1) is 19.8 Å². The van der Waals surface area contributed by atoms with Crippen LogP contribution in [0.5, 0.6) is 11.5 Å². The number of aryl methyl sites for hydroxylation is 1. The minimum atomic E-state index is -0.752. The Morgan fingerprint density at radius 2 is 1.72 bits per heavy atom. The van der Waals surface area contributed by atoms with Gasteiger partial charge in [-0.25, -0.2) is 4.79 Å². The molecule has 2 aromatic rings. The normalized spacial score (nSPS) is 11.4. The molecule has 1 N–H and O–H groups in total. The summed E-state index contributed by atoms with van der Waals surface area (Å²) in [4.78, 5) is 24.1. The number of anilines is 1. The molecule has 0 aromatic heterocycles. The van der Waals surface area contributed by atoms with Crippen molar-refractivity contribution in [2.24, 2.45) is 0 Å². The highest BCUT2D eigenvalue weighted by molar-refractivity contribution is 5.97. The Balaban J connectivity index is 2.12. The van der Waals surface area contributed by atoms with Gasteiger partial charge in [0.15, 0.2) is 17.6 Å². The van der Waals surface area contributed by atoms with E-state index in [1.54, 1.807) is 43.3 Å². The van der Waals surface area contributed by atoms with Gasteiger partial charge < -0.3 is 19.5 Å². The van der Waals surface area contributed by atoms with Gasteiger partial charge in [-0.15, -0.1) is 0 Å². The summed E-state index contributed by atoms with van der Waals surface area (Å²) < 4.78 is 15.6. The summed E-state index contributed by atoms with van der Waals surface area (Å²) in [5.41, 5.74) is 1.72. The lowest BCUT2D eigenvalue weighted by molar-refractivity contribution is -0.122. The maximum atomic E-state index is 12.4. The molecule has 0 bridgehead atoms. The van der Waals surface area contributed by atoms with Crippen molar-refractivity contribution in [3.63, 3.8) is 0 Å². The zero-order valence-electron chi connectivity index (χ0n) is 14.7. The molecule has 0 fully saturated rings. The van der Waals surface area contributed by atoms with Gasteiger partial charge in [-0.05, 0) is 43.7 Å². The highest BCUT2D eigenvalue weighted by Gasteiger charge is 2.18. The van der Waals surface area contributed by atoms with Gasteiger partial charge in [0, 0.05) is 5.69 Å². The van der Waals surface area contributed by atoms with Crippen LogP contribution in [-0.4, -0.2) is 32.2 Å². The van der Waals surface area contributed by atoms with Crippen LogP contribution in [0.3, 0.4) is 0 Å². The first kappa shape index (κ1) is 18.3. The topological polar surface area (TPSA) is 73.9 Å². The molecule has 0 saturated heterocycles. The predicted octanol–water partition coefficient (Wildman–Crippen LogP) is 3.20. The van der Waals surface area contributed by atoms with Crippen LogP contribution in [0.25, 0.3) is 0 Å². The Hall–Kier alpha value is -3.02. The molecule has 2 aromatic carbocycles. The number of carbonyl (C=O) groups excluding carboxylic acids is 2. The minimum Gasteiger partial charge on any atom is -0.493 e. The molecule has 0 unspecified atom stereocenters. The Bertz CT molecular complexity index is 772. The summed E-state index contributed by atoms with van der Waals surface area (Å²) in [6.45, 7) is 3.48. The molecule has 0 heterocycles.